The van der Waals surface area contributed by atoms with Crippen LogP contribution in [-0.4, -0.2) is 41.7 Å². The van der Waals surface area contributed by atoms with Crippen LogP contribution in [0.5, 0.6) is 0 Å². The SMILES string of the molecule is O=C(Cc1nc(CSc2ccc(S(=O)(=O)N3CCCC3)cn2)cs1)Nc1ccccc1. The highest BCUT2D eigenvalue weighted by atomic mass is 32.2. The fourth-order valence-corrected chi connectivity index (χ4v) is 6.29. The van der Waals surface area contributed by atoms with E-state index in [4.69, 9.17) is 0 Å². The van der Waals surface area contributed by atoms with Crippen LogP contribution >= 0.6 is 23.1 Å². The van der Waals surface area contributed by atoms with Gasteiger partial charge in [0.25, 0.3) is 0 Å². The van der Waals surface area contributed by atoms with Gasteiger partial charge < -0.3 is 5.32 Å². The second-order valence-corrected chi connectivity index (χ2v) is 10.9. The fraction of sp³-hybridized carbons (Fsp3) is 0.286. The average Bonchev–Trinajstić information content (AvgIpc) is 3.46. The molecular formula is C21H22N4O3S3. The topological polar surface area (TPSA) is 92.3 Å². The first-order chi connectivity index (χ1) is 15.0. The molecule has 7 nitrogen and oxygen atoms in total. The zero-order valence-electron chi connectivity index (χ0n) is 16.7. The predicted molar refractivity (Wildman–Crippen MR) is 123 cm³/mol. The van der Waals surface area contributed by atoms with E-state index in [0.717, 1.165) is 34.3 Å². The summed E-state index contributed by atoms with van der Waals surface area (Å²) in [5.74, 6) is 0.499. The molecule has 1 saturated heterocycles. The number of aromatic nitrogens is 2. The van der Waals surface area contributed by atoms with Gasteiger partial charge >= 0.3 is 0 Å². The molecule has 0 radical (unpaired) electrons. The molecule has 0 aliphatic carbocycles. The van der Waals surface area contributed by atoms with E-state index in [9.17, 15) is 13.2 Å². The number of para-hydroxylation sites is 1. The number of hydrogen-bond donors (Lipinski definition) is 1. The van der Waals surface area contributed by atoms with E-state index in [1.54, 1.807) is 12.1 Å². The summed E-state index contributed by atoms with van der Waals surface area (Å²) in [6, 6.07) is 12.7. The molecule has 1 aliphatic heterocycles. The number of carbonyl (C=O) groups is 1. The van der Waals surface area contributed by atoms with Gasteiger partial charge in [-0.15, -0.1) is 23.1 Å². The predicted octanol–water partition coefficient (Wildman–Crippen LogP) is 3.80. The molecule has 10 heteroatoms. The van der Waals surface area contributed by atoms with E-state index in [2.05, 4.69) is 15.3 Å². The van der Waals surface area contributed by atoms with Crippen molar-refractivity contribution in [3.8, 4) is 0 Å². The molecule has 0 saturated carbocycles. The average molecular weight is 475 g/mol. The van der Waals surface area contributed by atoms with E-state index in [1.807, 2.05) is 35.7 Å². The Balaban J connectivity index is 1.30. The Labute approximate surface area is 190 Å². The third kappa shape index (κ3) is 5.70. The van der Waals surface area contributed by atoms with Crippen molar-refractivity contribution >= 4 is 44.7 Å². The van der Waals surface area contributed by atoms with Crippen molar-refractivity contribution in [2.45, 2.75) is 34.9 Å². The first-order valence-corrected chi connectivity index (χ1v) is 13.2. The van der Waals surface area contributed by atoms with Crippen molar-refractivity contribution in [2.24, 2.45) is 0 Å². The molecule has 0 unspecified atom stereocenters. The Morgan fingerprint density at radius 3 is 2.61 bits per heavy atom. The second-order valence-electron chi connectivity index (χ2n) is 7.06. The van der Waals surface area contributed by atoms with Crippen molar-refractivity contribution < 1.29 is 13.2 Å². The summed E-state index contributed by atoms with van der Waals surface area (Å²) < 4.78 is 26.7. The fourth-order valence-electron chi connectivity index (χ4n) is 3.19. The molecule has 31 heavy (non-hydrogen) atoms. The van der Waals surface area contributed by atoms with E-state index >= 15 is 0 Å². The lowest BCUT2D eigenvalue weighted by molar-refractivity contribution is -0.115. The van der Waals surface area contributed by atoms with Gasteiger partial charge in [-0.1, -0.05) is 18.2 Å². The maximum absolute atomic E-state index is 12.6. The monoisotopic (exact) mass is 474 g/mol. The minimum absolute atomic E-state index is 0.101. The summed E-state index contributed by atoms with van der Waals surface area (Å²) in [7, 11) is -3.44. The highest BCUT2D eigenvalue weighted by Crippen LogP contribution is 2.25. The Kier molecular flexibility index (Phi) is 7.01. The minimum Gasteiger partial charge on any atom is -0.326 e. The van der Waals surface area contributed by atoms with Crippen LogP contribution in [0, 0.1) is 0 Å². The number of nitrogens with one attached hydrogen (secondary N) is 1. The minimum atomic E-state index is -3.44. The summed E-state index contributed by atoms with van der Waals surface area (Å²) in [6.45, 7) is 1.16. The molecule has 1 fully saturated rings. The first kappa shape index (κ1) is 21.9. The van der Waals surface area contributed by atoms with Crippen molar-refractivity contribution in [1.29, 1.82) is 0 Å². The van der Waals surface area contributed by atoms with Gasteiger partial charge in [-0.2, -0.15) is 4.31 Å². The molecule has 2 aromatic heterocycles. The zero-order chi connectivity index (χ0) is 21.7. The Morgan fingerprint density at radius 1 is 1.13 bits per heavy atom. The standard InChI is InChI=1S/C21H22N4O3S3/c26-19(23-16-6-2-1-3-7-16)12-21-24-17(15-30-21)14-29-20-9-8-18(13-22-20)31(27,28)25-10-4-5-11-25/h1-3,6-9,13,15H,4-5,10-12,14H2,(H,23,26). The van der Waals surface area contributed by atoms with E-state index in [1.165, 1.54) is 33.6 Å². The largest absolute Gasteiger partial charge is 0.326 e. The second kappa shape index (κ2) is 9.90. The smallest absolute Gasteiger partial charge is 0.244 e. The van der Waals surface area contributed by atoms with Gasteiger partial charge in [0, 0.05) is 36.1 Å². The van der Waals surface area contributed by atoms with Gasteiger partial charge in [0.2, 0.25) is 15.9 Å². The van der Waals surface area contributed by atoms with Gasteiger partial charge in [0.1, 0.15) is 9.90 Å². The number of hydrogen-bond acceptors (Lipinski definition) is 7. The number of carbonyl (C=O) groups excluding carboxylic acids is 1. The van der Waals surface area contributed by atoms with E-state index in [-0.39, 0.29) is 17.2 Å². The van der Waals surface area contributed by atoms with Crippen LogP contribution in [0.4, 0.5) is 5.69 Å². The summed E-state index contributed by atoms with van der Waals surface area (Å²) in [5, 5.41) is 6.28. The molecule has 3 heterocycles. The molecule has 4 rings (SSSR count). The summed E-state index contributed by atoms with van der Waals surface area (Å²) in [5.41, 5.74) is 1.63. The lowest BCUT2D eigenvalue weighted by Crippen LogP contribution is -2.27. The number of nitrogens with zero attached hydrogens (tertiary/aromatic N) is 3. The van der Waals surface area contributed by atoms with E-state index < -0.39 is 10.0 Å². The number of sulfonamides is 1. The van der Waals surface area contributed by atoms with Crippen molar-refractivity contribution in [1.82, 2.24) is 14.3 Å². The molecule has 1 N–H and O–H groups in total. The molecule has 0 bridgehead atoms. The number of rotatable bonds is 8. The highest BCUT2D eigenvalue weighted by molar-refractivity contribution is 7.98. The van der Waals surface area contributed by atoms with Crippen molar-refractivity contribution in [3.63, 3.8) is 0 Å². The third-order valence-electron chi connectivity index (χ3n) is 4.75. The van der Waals surface area contributed by atoms with Crippen LogP contribution in [0.2, 0.25) is 0 Å². The molecule has 0 spiro atoms. The molecule has 1 amide bonds. The quantitative estimate of drug-likeness (QED) is 0.499. The van der Waals surface area contributed by atoms with Crippen LogP contribution < -0.4 is 5.32 Å². The maximum Gasteiger partial charge on any atom is 0.244 e. The Hall–Kier alpha value is -2.27. The van der Waals surface area contributed by atoms with Gasteiger partial charge in [0.05, 0.1) is 17.1 Å². The molecule has 0 atom stereocenters. The van der Waals surface area contributed by atoms with Gasteiger partial charge in [-0.3, -0.25) is 4.79 Å². The van der Waals surface area contributed by atoms with Crippen LogP contribution in [0.15, 0.2) is 64.0 Å². The number of thioether (sulfide) groups is 1. The van der Waals surface area contributed by atoms with Crippen LogP contribution in [0.3, 0.4) is 0 Å². The van der Waals surface area contributed by atoms with Gasteiger partial charge in [-0.05, 0) is 37.1 Å². The Bertz CT molecular complexity index is 1130. The van der Waals surface area contributed by atoms with Gasteiger partial charge in [0.15, 0.2) is 0 Å². The van der Waals surface area contributed by atoms with Crippen molar-refractivity contribution in [2.75, 3.05) is 18.4 Å². The third-order valence-corrected chi connectivity index (χ3v) is 8.51. The summed E-state index contributed by atoms with van der Waals surface area (Å²) in [4.78, 5) is 21.2. The van der Waals surface area contributed by atoms with Crippen LogP contribution in [-0.2, 0) is 27.0 Å². The molecule has 3 aromatic rings. The molecule has 1 aliphatic rings. The Morgan fingerprint density at radius 2 is 1.90 bits per heavy atom. The number of benzene rings is 1. The first-order valence-electron chi connectivity index (χ1n) is 9.88. The lowest BCUT2D eigenvalue weighted by atomic mass is 10.3. The number of pyridine rings is 1. The normalized spacial score (nSPS) is 14.6. The lowest BCUT2D eigenvalue weighted by Gasteiger charge is -2.15. The molecule has 162 valence electrons. The number of anilines is 1. The van der Waals surface area contributed by atoms with E-state index in [0.29, 0.717) is 18.8 Å². The summed E-state index contributed by atoms with van der Waals surface area (Å²) in [6.07, 6.45) is 3.47. The van der Waals surface area contributed by atoms with Crippen molar-refractivity contribution in [3.05, 3.63) is 64.7 Å². The van der Waals surface area contributed by atoms with Gasteiger partial charge in [-0.25, -0.2) is 18.4 Å². The van der Waals surface area contributed by atoms with Crippen LogP contribution in [0.1, 0.15) is 23.5 Å². The zero-order valence-corrected chi connectivity index (χ0v) is 19.2. The molecular weight excluding hydrogens is 452 g/mol. The highest BCUT2D eigenvalue weighted by Gasteiger charge is 2.27. The number of thiazole rings is 1. The summed E-state index contributed by atoms with van der Waals surface area (Å²) >= 11 is 2.94. The van der Waals surface area contributed by atoms with Crippen LogP contribution in [0.25, 0.3) is 0 Å². The number of amides is 1. The molecule has 1 aromatic carbocycles. The maximum atomic E-state index is 12.6.